The maximum absolute atomic E-state index is 13.8. The van der Waals surface area contributed by atoms with Gasteiger partial charge in [-0.25, -0.2) is 4.98 Å². The second kappa shape index (κ2) is 13.7. The van der Waals surface area contributed by atoms with Gasteiger partial charge in [-0.3, -0.25) is 9.69 Å². The Labute approximate surface area is 223 Å². The standard InChI is InChI=1S/C27H35N3O4S.ClH/c1-4-7-8-14-32-21-11-9-10-20(17-21)26(31)30(13-12-29(5-2)6-3)27-28-22-18-23-24(19-25(22)35-27)34-16-15-33-23;/h9-11,17-19H,4-8,12-16H2,1-3H3;1H. The highest BCUT2D eigenvalue weighted by molar-refractivity contribution is 7.22. The quantitative estimate of drug-likeness (QED) is 0.264. The minimum atomic E-state index is -0.0764. The number of likely N-dealkylation sites (N-methyl/N-ethyl adjacent to an activating group) is 1. The van der Waals surface area contributed by atoms with Gasteiger partial charge in [-0.2, -0.15) is 0 Å². The molecule has 9 heteroatoms. The third kappa shape index (κ3) is 6.81. The molecule has 0 bridgehead atoms. The van der Waals surface area contributed by atoms with Crippen molar-refractivity contribution in [3.05, 3.63) is 42.0 Å². The Morgan fingerprint density at radius 2 is 1.78 bits per heavy atom. The average Bonchev–Trinajstić information content (AvgIpc) is 3.30. The number of halogens is 1. The van der Waals surface area contributed by atoms with E-state index in [1.54, 1.807) is 4.90 Å². The van der Waals surface area contributed by atoms with Gasteiger partial charge in [-0.05, 0) is 37.7 Å². The van der Waals surface area contributed by atoms with Crippen molar-refractivity contribution in [2.45, 2.75) is 40.0 Å². The van der Waals surface area contributed by atoms with Gasteiger partial charge in [-0.15, -0.1) is 12.4 Å². The number of benzene rings is 2. The molecule has 1 amide bonds. The maximum atomic E-state index is 13.8. The first-order valence-electron chi connectivity index (χ1n) is 12.6. The number of hydrogen-bond donors (Lipinski definition) is 0. The van der Waals surface area contributed by atoms with Crippen molar-refractivity contribution in [2.75, 3.05) is 50.9 Å². The highest BCUT2D eigenvalue weighted by Gasteiger charge is 2.24. The summed E-state index contributed by atoms with van der Waals surface area (Å²) in [6.07, 6.45) is 3.29. The molecule has 0 spiro atoms. The van der Waals surface area contributed by atoms with Gasteiger partial charge in [-0.1, -0.05) is 51.0 Å². The molecule has 0 saturated carbocycles. The summed E-state index contributed by atoms with van der Waals surface area (Å²) in [6, 6.07) is 11.3. The Bertz CT molecular complexity index is 1090. The molecule has 0 saturated heterocycles. The van der Waals surface area contributed by atoms with Crippen LogP contribution in [0.5, 0.6) is 17.2 Å². The first kappa shape index (κ1) is 28.0. The number of fused-ring (bicyclic) bond motifs is 2. The molecule has 1 aromatic heterocycles. The number of amides is 1. The number of rotatable bonds is 12. The Morgan fingerprint density at radius 1 is 1.03 bits per heavy atom. The third-order valence-corrected chi connectivity index (χ3v) is 7.19. The van der Waals surface area contributed by atoms with Gasteiger partial charge in [0.1, 0.15) is 19.0 Å². The number of hydrogen-bond acceptors (Lipinski definition) is 7. The lowest BCUT2D eigenvalue weighted by atomic mass is 10.2. The van der Waals surface area contributed by atoms with Crippen molar-refractivity contribution < 1.29 is 19.0 Å². The van der Waals surface area contributed by atoms with Crippen molar-refractivity contribution in [1.82, 2.24) is 9.88 Å². The number of thiazole rings is 1. The average molecular weight is 534 g/mol. The predicted molar refractivity (Wildman–Crippen MR) is 149 cm³/mol. The van der Waals surface area contributed by atoms with Crippen LogP contribution in [0.3, 0.4) is 0 Å². The summed E-state index contributed by atoms with van der Waals surface area (Å²) in [5, 5.41) is 0.675. The van der Waals surface area contributed by atoms with E-state index in [2.05, 4.69) is 25.7 Å². The summed E-state index contributed by atoms with van der Waals surface area (Å²) in [7, 11) is 0. The zero-order valence-electron chi connectivity index (χ0n) is 21.3. The third-order valence-electron chi connectivity index (χ3n) is 6.15. The molecular formula is C27H36ClN3O4S. The van der Waals surface area contributed by atoms with Gasteiger partial charge < -0.3 is 19.1 Å². The van der Waals surface area contributed by atoms with Gasteiger partial charge in [0.15, 0.2) is 16.6 Å². The van der Waals surface area contributed by atoms with Crippen LogP contribution in [0.15, 0.2) is 36.4 Å². The molecule has 4 rings (SSSR count). The minimum absolute atomic E-state index is 0. The number of ether oxygens (including phenoxy) is 3. The molecule has 3 aromatic rings. The number of aromatic nitrogens is 1. The van der Waals surface area contributed by atoms with Crippen LogP contribution in [-0.4, -0.2) is 61.8 Å². The molecule has 0 radical (unpaired) electrons. The van der Waals surface area contributed by atoms with Crippen LogP contribution in [0.4, 0.5) is 5.13 Å². The van der Waals surface area contributed by atoms with Gasteiger partial charge in [0.25, 0.3) is 5.91 Å². The van der Waals surface area contributed by atoms with E-state index in [0.717, 1.165) is 60.6 Å². The van der Waals surface area contributed by atoms with E-state index in [-0.39, 0.29) is 18.3 Å². The molecule has 2 heterocycles. The molecule has 0 aliphatic carbocycles. The molecule has 2 aromatic carbocycles. The van der Waals surface area contributed by atoms with Crippen LogP contribution < -0.4 is 19.1 Å². The molecule has 7 nitrogen and oxygen atoms in total. The smallest absolute Gasteiger partial charge is 0.260 e. The van der Waals surface area contributed by atoms with Crippen LogP contribution in [0.2, 0.25) is 0 Å². The van der Waals surface area contributed by atoms with Crippen LogP contribution >= 0.6 is 23.7 Å². The van der Waals surface area contributed by atoms with Gasteiger partial charge in [0.2, 0.25) is 0 Å². The van der Waals surface area contributed by atoms with E-state index in [1.165, 1.54) is 11.3 Å². The second-order valence-corrected chi connectivity index (χ2v) is 9.54. The van der Waals surface area contributed by atoms with Crippen LogP contribution in [-0.2, 0) is 0 Å². The van der Waals surface area contributed by atoms with Gasteiger partial charge in [0, 0.05) is 30.8 Å². The van der Waals surface area contributed by atoms with Crippen LogP contribution in [0, 0.1) is 0 Å². The van der Waals surface area contributed by atoms with E-state index in [1.807, 2.05) is 36.4 Å². The highest BCUT2D eigenvalue weighted by Crippen LogP contribution is 2.39. The lowest BCUT2D eigenvalue weighted by Crippen LogP contribution is -2.38. The second-order valence-electron chi connectivity index (χ2n) is 8.53. The summed E-state index contributed by atoms with van der Waals surface area (Å²) in [5.41, 5.74) is 1.41. The molecule has 1 aliphatic heterocycles. The molecule has 36 heavy (non-hydrogen) atoms. The summed E-state index contributed by atoms with van der Waals surface area (Å²) in [5.74, 6) is 2.08. The Morgan fingerprint density at radius 3 is 2.50 bits per heavy atom. The number of carbonyl (C=O) groups excluding carboxylic acids is 1. The topological polar surface area (TPSA) is 64.1 Å². The van der Waals surface area contributed by atoms with Gasteiger partial charge >= 0.3 is 0 Å². The van der Waals surface area contributed by atoms with Crippen LogP contribution in [0.25, 0.3) is 10.2 Å². The summed E-state index contributed by atoms with van der Waals surface area (Å²) in [4.78, 5) is 22.7. The summed E-state index contributed by atoms with van der Waals surface area (Å²) < 4.78 is 18.3. The largest absolute Gasteiger partial charge is 0.494 e. The fourth-order valence-electron chi connectivity index (χ4n) is 4.05. The summed E-state index contributed by atoms with van der Waals surface area (Å²) >= 11 is 1.50. The molecule has 1 aliphatic rings. The lowest BCUT2D eigenvalue weighted by Gasteiger charge is -2.25. The van der Waals surface area contributed by atoms with Crippen molar-refractivity contribution in [3.63, 3.8) is 0 Å². The molecule has 0 fully saturated rings. The molecule has 0 N–H and O–H groups in total. The molecule has 0 unspecified atom stereocenters. The van der Waals surface area contributed by atoms with Gasteiger partial charge in [0.05, 0.1) is 16.8 Å². The van der Waals surface area contributed by atoms with E-state index in [9.17, 15) is 4.79 Å². The fraction of sp³-hybridized carbons (Fsp3) is 0.481. The number of nitrogens with zero attached hydrogens (tertiary/aromatic N) is 3. The molecule has 0 atom stereocenters. The zero-order valence-corrected chi connectivity index (χ0v) is 23.0. The normalized spacial score (nSPS) is 12.4. The van der Waals surface area contributed by atoms with E-state index < -0.39 is 0 Å². The Kier molecular flexibility index (Phi) is 10.6. The van der Waals surface area contributed by atoms with Crippen LogP contribution in [0.1, 0.15) is 50.4 Å². The predicted octanol–water partition coefficient (Wildman–Crippen LogP) is 6.05. The Balaban J connectivity index is 0.00000361. The van der Waals surface area contributed by atoms with E-state index in [4.69, 9.17) is 19.2 Å². The fourth-order valence-corrected chi connectivity index (χ4v) is 5.05. The monoisotopic (exact) mass is 533 g/mol. The number of unbranched alkanes of at least 4 members (excludes halogenated alkanes) is 2. The lowest BCUT2D eigenvalue weighted by molar-refractivity contribution is 0.0983. The van der Waals surface area contributed by atoms with Crippen molar-refractivity contribution in [1.29, 1.82) is 0 Å². The zero-order chi connectivity index (χ0) is 24.6. The van der Waals surface area contributed by atoms with Crippen molar-refractivity contribution >= 4 is 45.0 Å². The SMILES string of the molecule is CCCCCOc1cccc(C(=O)N(CCN(CC)CC)c2nc3cc4c(cc3s2)OCCO4)c1.Cl. The summed E-state index contributed by atoms with van der Waals surface area (Å²) in [6.45, 7) is 11.3. The number of anilines is 1. The number of carbonyl (C=O) groups is 1. The highest BCUT2D eigenvalue weighted by atomic mass is 35.5. The Hall–Kier alpha value is -2.55. The van der Waals surface area contributed by atoms with Crippen molar-refractivity contribution in [2.24, 2.45) is 0 Å². The molecule has 196 valence electrons. The van der Waals surface area contributed by atoms with Crippen molar-refractivity contribution in [3.8, 4) is 17.2 Å². The molecular weight excluding hydrogens is 498 g/mol. The van der Waals surface area contributed by atoms with E-state index in [0.29, 0.717) is 42.8 Å². The minimum Gasteiger partial charge on any atom is -0.494 e. The maximum Gasteiger partial charge on any atom is 0.260 e. The van der Waals surface area contributed by atoms with E-state index >= 15 is 0 Å². The first-order valence-corrected chi connectivity index (χ1v) is 13.4. The first-order chi connectivity index (χ1) is 17.1.